The highest BCUT2D eigenvalue weighted by atomic mass is 15.3. The molecule has 0 fully saturated rings. The second kappa shape index (κ2) is 4.06. The van der Waals surface area contributed by atoms with Crippen LogP contribution >= 0.6 is 0 Å². The minimum atomic E-state index is -0.278. The first-order valence-corrected chi connectivity index (χ1v) is 5.29. The topological polar surface area (TPSA) is 56.7 Å². The smallest absolute Gasteiger partial charge is 0.139 e. The van der Waals surface area contributed by atoms with Crippen LogP contribution in [-0.2, 0) is 6.42 Å². The van der Waals surface area contributed by atoms with Crippen molar-refractivity contribution in [2.45, 2.75) is 25.8 Å². The van der Waals surface area contributed by atoms with E-state index < -0.39 is 0 Å². The van der Waals surface area contributed by atoms with Gasteiger partial charge in [-0.05, 0) is 26.0 Å². The molecule has 0 aliphatic rings. The maximum atomic E-state index is 5.99. The summed E-state index contributed by atoms with van der Waals surface area (Å²) < 4.78 is 1.97. The van der Waals surface area contributed by atoms with Crippen molar-refractivity contribution < 1.29 is 0 Å². The summed E-state index contributed by atoms with van der Waals surface area (Å²) in [6, 6.07) is 10.0. The van der Waals surface area contributed by atoms with Crippen LogP contribution in [0, 0.1) is 0 Å². The lowest BCUT2D eigenvalue weighted by Gasteiger charge is -2.17. The zero-order valence-corrected chi connectivity index (χ0v) is 9.59. The first-order valence-electron chi connectivity index (χ1n) is 5.29. The number of nitrogens with two attached hydrogens (primary N) is 1. The fourth-order valence-electron chi connectivity index (χ4n) is 1.59. The number of rotatable bonds is 3. The van der Waals surface area contributed by atoms with Gasteiger partial charge in [0.2, 0.25) is 0 Å². The molecule has 16 heavy (non-hydrogen) atoms. The molecule has 0 aliphatic heterocycles. The molecule has 2 rings (SSSR count). The van der Waals surface area contributed by atoms with E-state index in [9.17, 15) is 0 Å². The lowest BCUT2D eigenvalue weighted by atomic mass is 10.0. The second-order valence-electron chi connectivity index (χ2n) is 4.62. The van der Waals surface area contributed by atoms with Gasteiger partial charge in [-0.1, -0.05) is 18.2 Å². The van der Waals surface area contributed by atoms with Crippen LogP contribution in [0.3, 0.4) is 0 Å². The molecule has 0 spiro atoms. The molecular weight excluding hydrogens is 200 g/mol. The van der Waals surface area contributed by atoms with Crippen LogP contribution in [0.2, 0.25) is 0 Å². The largest absolute Gasteiger partial charge is 0.325 e. The van der Waals surface area contributed by atoms with Gasteiger partial charge >= 0.3 is 0 Å². The molecule has 1 heterocycles. The molecule has 0 aliphatic carbocycles. The van der Waals surface area contributed by atoms with Crippen molar-refractivity contribution >= 4 is 0 Å². The van der Waals surface area contributed by atoms with Gasteiger partial charge in [-0.25, -0.2) is 0 Å². The van der Waals surface area contributed by atoms with Crippen molar-refractivity contribution in [1.29, 1.82) is 0 Å². The van der Waals surface area contributed by atoms with E-state index >= 15 is 0 Å². The summed E-state index contributed by atoms with van der Waals surface area (Å²) in [5.74, 6) is 0.888. The summed E-state index contributed by atoms with van der Waals surface area (Å²) in [4.78, 5) is 0. The summed E-state index contributed by atoms with van der Waals surface area (Å²) >= 11 is 0. The Morgan fingerprint density at radius 2 is 1.94 bits per heavy atom. The predicted molar refractivity (Wildman–Crippen MR) is 63.3 cm³/mol. The lowest BCUT2D eigenvalue weighted by Crippen LogP contribution is -2.35. The number of nitrogens with zero attached hydrogens (tertiary/aromatic N) is 3. The average Bonchev–Trinajstić information content (AvgIpc) is 2.64. The first-order chi connectivity index (χ1) is 7.56. The maximum Gasteiger partial charge on any atom is 0.139 e. The SMILES string of the molecule is CC(C)(N)Cc1nncn1-c1ccccc1. The van der Waals surface area contributed by atoms with Crippen LogP contribution in [0.1, 0.15) is 19.7 Å². The van der Waals surface area contributed by atoms with E-state index in [2.05, 4.69) is 10.2 Å². The van der Waals surface area contributed by atoms with Crippen LogP contribution < -0.4 is 5.73 Å². The van der Waals surface area contributed by atoms with Gasteiger partial charge in [0.25, 0.3) is 0 Å². The standard InChI is InChI=1S/C12H16N4/c1-12(2,13)8-11-15-14-9-16(11)10-6-4-3-5-7-10/h3-7,9H,8,13H2,1-2H3. The molecule has 84 valence electrons. The Balaban J connectivity index is 2.33. The minimum Gasteiger partial charge on any atom is -0.325 e. The number of aromatic nitrogens is 3. The molecule has 2 aromatic rings. The van der Waals surface area contributed by atoms with Crippen LogP contribution in [0.15, 0.2) is 36.7 Å². The van der Waals surface area contributed by atoms with Crippen LogP contribution in [0.25, 0.3) is 5.69 Å². The van der Waals surface area contributed by atoms with Crippen molar-refractivity contribution in [3.8, 4) is 5.69 Å². The molecule has 0 saturated heterocycles. The number of hydrogen-bond acceptors (Lipinski definition) is 3. The quantitative estimate of drug-likeness (QED) is 0.846. The van der Waals surface area contributed by atoms with Gasteiger partial charge in [-0.3, -0.25) is 4.57 Å². The van der Waals surface area contributed by atoms with Crippen molar-refractivity contribution in [3.63, 3.8) is 0 Å². The van der Waals surface area contributed by atoms with Gasteiger partial charge < -0.3 is 5.73 Å². The van der Waals surface area contributed by atoms with Crippen molar-refractivity contribution in [2.24, 2.45) is 5.73 Å². The molecule has 0 saturated carbocycles. The first kappa shape index (κ1) is 10.8. The van der Waals surface area contributed by atoms with E-state index in [-0.39, 0.29) is 5.54 Å². The van der Waals surface area contributed by atoms with E-state index in [1.54, 1.807) is 6.33 Å². The van der Waals surface area contributed by atoms with E-state index in [1.165, 1.54) is 0 Å². The molecule has 1 aromatic heterocycles. The number of benzene rings is 1. The van der Waals surface area contributed by atoms with Crippen LogP contribution in [-0.4, -0.2) is 20.3 Å². The van der Waals surface area contributed by atoms with Gasteiger partial charge in [0, 0.05) is 17.6 Å². The molecule has 0 unspecified atom stereocenters. The molecule has 0 amide bonds. The Kier molecular flexibility index (Phi) is 2.75. The minimum absolute atomic E-state index is 0.278. The monoisotopic (exact) mass is 216 g/mol. The Bertz CT molecular complexity index is 453. The van der Waals surface area contributed by atoms with Gasteiger partial charge in [-0.15, -0.1) is 10.2 Å². The van der Waals surface area contributed by atoms with Gasteiger partial charge in [0.1, 0.15) is 12.2 Å². The zero-order chi connectivity index (χ0) is 11.6. The lowest BCUT2D eigenvalue weighted by molar-refractivity contribution is 0.498. The highest BCUT2D eigenvalue weighted by Gasteiger charge is 2.16. The Labute approximate surface area is 95.1 Å². The number of hydrogen-bond donors (Lipinski definition) is 1. The van der Waals surface area contributed by atoms with E-state index in [1.807, 2.05) is 48.7 Å². The summed E-state index contributed by atoms with van der Waals surface area (Å²) in [6.45, 7) is 3.97. The molecule has 1 aromatic carbocycles. The van der Waals surface area contributed by atoms with Crippen LogP contribution in [0.4, 0.5) is 0 Å². The second-order valence-corrected chi connectivity index (χ2v) is 4.62. The van der Waals surface area contributed by atoms with E-state index in [0.717, 1.165) is 11.5 Å². The van der Waals surface area contributed by atoms with Gasteiger partial charge in [0.15, 0.2) is 0 Å². The molecule has 0 bridgehead atoms. The third-order valence-corrected chi connectivity index (χ3v) is 2.27. The van der Waals surface area contributed by atoms with Gasteiger partial charge in [-0.2, -0.15) is 0 Å². The van der Waals surface area contributed by atoms with Crippen molar-refractivity contribution in [3.05, 3.63) is 42.5 Å². The Morgan fingerprint density at radius 1 is 1.25 bits per heavy atom. The molecule has 0 atom stereocenters. The molecule has 2 N–H and O–H groups in total. The highest BCUT2D eigenvalue weighted by molar-refractivity contribution is 5.32. The predicted octanol–water partition coefficient (Wildman–Crippen LogP) is 1.55. The van der Waals surface area contributed by atoms with E-state index in [4.69, 9.17) is 5.73 Å². The molecule has 4 nitrogen and oxygen atoms in total. The van der Waals surface area contributed by atoms with Gasteiger partial charge in [0.05, 0.1) is 0 Å². The fraction of sp³-hybridized carbons (Fsp3) is 0.333. The maximum absolute atomic E-state index is 5.99. The summed E-state index contributed by atoms with van der Waals surface area (Å²) in [5.41, 5.74) is 6.78. The highest BCUT2D eigenvalue weighted by Crippen LogP contribution is 2.13. The third kappa shape index (κ3) is 2.46. The zero-order valence-electron chi connectivity index (χ0n) is 9.59. The Hall–Kier alpha value is -1.68. The van der Waals surface area contributed by atoms with Crippen molar-refractivity contribution in [2.75, 3.05) is 0 Å². The normalized spacial score (nSPS) is 11.7. The Morgan fingerprint density at radius 3 is 2.56 bits per heavy atom. The summed E-state index contributed by atoms with van der Waals surface area (Å²) in [6.07, 6.45) is 2.41. The third-order valence-electron chi connectivity index (χ3n) is 2.27. The average molecular weight is 216 g/mol. The van der Waals surface area contributed by atoms with E-state index in [0.29, 0.717) is 6.42 Å². The molecule has 4 heteroatoms. The molecular formula is C12H16N4. The van der Waals surface area contributed by atoms with Crippen molar-refractivity contribution in [1.82, 2.24) is 14.8 Å². The fourth-order valence-corrected chi connectivity index (χ4v) is 1.59. The summed E-state index contributed by atoms with van der Waals surface area (Å²) in [7, 11) is 0. The number of para-hydroxylation sites is 1. The van der Waals surface area contributed by atoms with Crippen LogP contribution in [0.5, 0.6) is 0 Å². The summed E-state index contributed by atoms with van der Waals surface area (Å²) in [5, 5.41) is 8.05. The molecule has 0 radical (unpaired) electrons.